The van der Waals surface area contributed by atoms with Gasteiger partial charge in [-0.05, 0) is 25.0 Å². The molecule has 6 nitrogen and oxygen atoms in total. The van der Waals surface area contributed by atoms with Crippen LogP contribution in [0.1, 0.15) is 25.3 Å². The average molecular weight is 307 g/mol. The molecular weight excluding hydrogens is 292 g/mol. The molecule has 1 N–H and O–H groups in total. The first-order chi connectivity index (χ1) is 8.79. The van der Waals surface area contributed by atoms with Crippen molar-refractivity contribution >= 4 is 27.3 Å². The van der Waals surface area contributed by atoms with Gasteiger partial charge in [-0.25, -0.2) is 13.1 Å². The second-order valence-electron chi connectivity index (χ2n) is 4.08. The van der Waals surface area contributed by atoms with Crippen molar-refractivity contribution in [3.05, 3.63) is 32.8 Å². The molecule has 19 heavy (non-hydrogen) atoms. The highest BCUT2D eigenvalue weighted by molar-refractivity contribution is 7.89. The Hall–Kier alpha value is -1.18. The molecule has 0 heterocycles. The van der Waals surface area contributed by atoms with Crippen LogP contribution in [-0.2, 0) is 10.0 Å². The van der Waals surface area contributed by atoms with E-state index in [-0.39, 0.29) is 9.92 Å². The van der Waals surface area contributed by atoms with E-state index in [1.54, 1.807) is 6.92 Å². The highest BCUT2D eigenvalue weighted by Crippen LogP contribution is 2.29. The van der Waals surface area contributed by atoms with E-state index in [4.69, 9.17) is 11.6 Å². The molecule has 0 saturated heterocycles. The summed E-state index contributed by atoms with van der Waals surface area (Å²) in [5.74, 6) is 0. The van der Waals surface area contributed by atoms with Gasteiger partial charge >= 0.3 is 0 Å². The first-order valence-electron chi connectivity index (χ1n) is 5.73. The van der Waals surface area contributed by atoms with E-state index >= 15 is 0 Å². The van der Waals surface area contributed by atoms with Gasteiger partial charge in [-0.1, -0.05) is 24.9 Å². The van der Waals surface area contributed by atoms with Crippen molar-refractivity contribution < 1.29 is 13.3 Å². The number of unbranched alkanes of at least 4 members (excludes halogenated alkanes) is 1. The number of sulfonamides is 1. The fraction of sp³-hybridized carbons (Fsp3) is 0.455. The van der Waals surface area contributed by atoms with Crippen molar-refractivity contribution in [3.63, 3.8) is 0 Å². The molecule has 0 unspecified atom stereocenters. The van der Waals surface area contributed by atoms with Crippen LogP contribution in [0.2, 0.25) is 5.02 Å². The van der Waals surface area contributed by atoms with Crippen LogP contribution >= 0.6 is 11.6 Å². The number of nitrogens with one attached hydrogen (secondary N) is 1. The van der Waals surface area contributed by atoms with Crippen LogP contribution < -0.4 is 4.72 Å². The fourth-order valence-electron chi connectivity index (χ4n) is 1.53. The van der Waals surface area contributed by atoms with Crippen molar-refractivity contribution in [2.24, 2.45) is 0 Å². The normalized spacial score (nSPS) is 11.5. The molecule has 1 aromatic carbocycles. The van der Waals surface area contributed by atoms with Gasteiger partial charge in [0.25, 0.3) is 5.69 Å². The summed E-state index contributed by atoms with van der Waals surface area (Å²) in [4.78, 5) is 9.97. The summed E-state index contributed by atoms with van der Waals surface area (Å²) in [7, 11) is -3.75. The molecule has 0 saturated carbocycles. The summed E-state index contributed by atoms with van der Waals surface area (Å²) in [5.41, 5.74) is -0.0391. The van der Waals surface area contributed by atoms with E-state index < -0.39 is 20.6 Å². The number of hydrogen-bond donors (Lipinski definition) is 1. The minimum Gasteiger partial charge on any atom is -0.258 e. The van der Waals surface area contributed by atoms with Crippen molar-refractivity contribution in [2.45, 2.75) is 31.6 Å². The predicted molar refractivity (Wildman–Crippen MR) is 72.9 cm³/mol. The lowest BCUT2D eigenvalue weighted by Crippen LogP contribution is -2.25. The maximum atomic E-state index is 12.0. The van der Waals surface area contributed by atoms with Gasteiger partial charge in [0.15, 0.2) is 0 Å². The lowest BCUT2D eigenvalue weighted by Gasteiger charge is -2.09. The van der Waals surface area contributed by atoms with Gasteiger partial charge in [0.05, 0.1) is 9.82 Å². The van der Waals surface area contributed by atoms with E-state index in [2.05, 4.69) is 4.72 Å². The molecule has 0 aliphatic carbocycles. The zero-order valence-corrected chi connectivity index (χ0v) is 12.2. The Morgan fingerprint density at radius 3 is 2.58 bits per heavy atom. The summed E-state index contributed by atoms with van der Waals surface area (Å²) < 4.78 is 26.5. The van der Waals surface area contributed by atoms with Gasteiger partial charge in [0.2, 0.25) is 10.0 Å². The largest absolute Gasteiger partial charge is 0.289 e. The average Bonchev–Trinajstić information content (AvgIpc) is 2.28. The van der Waals surface area contributed by atoms with E-state index in [1.807, 2.05) is 6.92 Å². The minimum absolute atomic E-state index is 0.0741. The number of nitrogens with zero attached hydrogens (tertiary/aromatic N) is 1. The Kier molecular flexibility index (Phi) is 5.28. The zero-order valence-electron chi connectivity index (χ0n) is 10.6. The fourth-order valence-corrected chi connectivity index (χ4v) is 3.14. The molecule has 0 aliphatic rings. The summed E-state index contributed by atoms with van der Waals surface area (Å²) in [6.45, 7) is 3.78. The second-order valence-corrected chi connectivity index (χ2v) is 6.22. The third kappa shape index (κ3) is 3.89. The highest BCUT2D eigenvalue weighted by Gasteiger charge is 2.22. The molecule has 1 rings (SSSR count). The van der Waals surface area contributed by atoms with Crippen molar-refractivity contribution in [1.29, 1.82) is 0 Å². The van der Waals surface area contributed by atoms with Crippen LogP contribution in [0.3, 0.4) is 0 Å². The molecule has 8 heteroatoms. The van der Waals surface area contributed by atoms with Crippen molar-refractivity contribution in [1.82, 2.24) is 4.72 Å². The van der Waals surface area contributed by atoms with E-state index in [0.717, 1.165) is 12.5 Å². The van der Waals surface area contributed by atoms with Gasteiger partial charge < -0.3 is 0 Å². The van der Waals surface area contributed by atoms with E-state index in [1.165, 1.54) is 6.07 Å². The number of nitro groups is 1. The monoisotopic (exact) mass is 306 g/mol. The number of benzene rings is 1. The molecular formula is C11H15ClN2O4S. The molecule has 0 aliphatic heterocycles. The topological polar surface area (TPSA) is 89.3 Å². The molecule has 0 fully saturated rings. The third-order valence-corrected chi connectivity index (χ3v) is 4.46. The SMILES string of the molecule is CCCCNS(=O)(=O)c1cc([N+](=O)[O-])c(Cl)cc1C. The van der Waals surface area contributed by atoms with Crippen LogP contribution in [-0.4, -0.2) is 19.9 Å². The second kappa shape index (κ2) is 6.31. The number of nitro benzene ring substituents is 1. The molecule has 0 aromatic heterocycles. The third-order valence-electron chi connectivity index (χ3n) is 2.55. The lowest BCUT2D eigenvalue weighted by molar-refractivity contribution is -0.384. The van der Waals surface area contributed by atoms with Crippen LogP contribution in [0.4, 0.5) is 5.69 Å². The maximum absolute atomic E-state index is 12.0. The number of halogens is 1. The van der Waals surface area contributed by atoms with Gasteiger partial charge in [-0.15, -0.1) is 0 Å². The van der Waals surface area contributed by atoms with Crippen LogP contribution in [0, 0.1) is 17.0 Å². The standard InChI is InChI=1S/C11H15ClN2O4S/c1-3-4-5-13-19(17,18)11-7-10(14(15)16)9(12)6-8(11)2/h6-7,13H,3-5H2,1-2H3. The molecule has 0 bridgehead atoms. The molecule has 1 aromatic rings. The predicted octanol–water partition coefficient (Wildman–Crippen LogP) is 2.64. The summed E-state index contributed by atoms with van der Waals surface area (Å²) in [6.07, 6.45) is 1.55. The van der Waals surface area contributed by atoms with Crippen LogP contribution in [0.25, 0.3) is 0 Å². The Labute approximate surface area is 117 Å². The molecule has 0 atom stereocenters. The quantitative estimate of drug-likeness (QED) is 0.497. The Bertz CT molecular complexity index is 587. The zero-order chi connectivity index (χ0) is 14.6. The summed E-state index contributed by atoms with van der Waals surface area (Å²) >= 11 is 5.72. The molecule has 0 amide bonds. The molecule has 0 spiro atoms. The van der Waals surface area contributed by atoms with Crippen molar-refractivity contribution in [2.75, 3.05) is 6.54 Å². The van der Waals surface area contributed by atoms with Gasteiger partial charge in [0.1, 0.15) is 5.02 Å². The van der Waals surface area contributed by atoms with Gasteiger partial charge in [0, 0.05) is 12.6 Å². The van der Waals surface area contributed by atoms with Crippen LogP contribution in [0.15, 0.2) is 17.0 Å². The number of aryl methyl sites for hydroxylation is 1. The Morgan fingerprint density at radius 2 is 2.05 bits per heavy atom. The smallest absolute Gasteiger partial charge is 0.258 e. The minimum atomic E-state index is -3.75. The Morgan fingerprint density at radius 1 is 1.42 bits per heavy atom. The summed E-state index contributed by atoms with van der Waals surface area (Å²) in [6, 6.07) is 2.28. The first-order valence-corrected chi connectivity index (χ1v) is 7.60. The van der Waals surface area contributed by atoms with Gasteiger partial charge in [-0.3, -0.25) is 10.1 Å². The lowest BCUT2D eigenvalue weighted by atomic mass is 10.2. The number of hydrogen-bond acceptors (Lipinski definition) is 4. The molecule has 0 radical (unpaired) electrons. The van der Waals surface area contributed by atoms with E-state index in [9.17, 15) is 18.5 Å². The maximum Gasteiger partial charge on any atom is 0.289 e. The van der Waals surface area contributed by atoms with Gasteiger partial charge in [-0.2, -0.15) is 0 Å². The first kappa shape index (κ1) is 15.9. The van der Waals surface area contributed by atoms with E-state index in [0.29, 0.717) is 18.5 Å². The Balaban J connectivity index is 3.19. The van der Waals surface area contributed by atoms with Crippen LogP contribution in [0.5, 0.6) is 0 Å². The number of rotatable bonds is 6. The molecule has 106 valence electrons. The van der Waals surface area contributed by atoms with Crippen molar-refractivity contribution in [3.8, 4) is 0 Å². The summed E-state index contributed by atoms with van der Waals surface area (Å²) in [5, 5.41) is 10.7. The highest BCUT2D eigenvalue weighted by atomic mass is 35.5.